The zero-order valence-electron chi connectivity index (χ0n) is 15.8. The van der Waals surface area contributed by atoms with Crippen LogP contribution >= 0.6 is 0 Å². The molecular weight excluding hydrogens is 402 g/mol. The van der Waals surface area contributed by atoms with Crippen LogP contribution in [0.5, 0.6) is 0 Å². The van der Waals surface area contributed by atoms with E-state index < -0.39 is 10.0 Å². The SMILES string of the molecule is CC(=O)c1ccc(-c2cnc3cnn(S(=O)(=O)c4cnc5ccccn45)c3c2)cc1. The summed E-state index contributed by atoms with van der Waals surface area (Å²) in [5.41, 5.74) is 3.47. The number of imidazole rings is 1. The minimum Gasteiger partial charge on any atom is -0.295 e. The van der Waals surface area contributed by atoms with Crippen LogP contribution in [0, 0.1) is 0 Å². The number of Topliss-reactive ketones (excluding diaryl/α,β-unsaturated/α-hetero) is 1. The average Bonchev–Trinajstić information content (AvgIpc) is 3.38. The molecule has 148 valence electrons. The van der Waals surface area contributed by atoms with Gasteiger partial charge in [0, 0.05) is 23.5 Å². The molecule has 5 aromatic rings. The van der Waals surface area contributed by atoms with Crippen LogP contribution in [-0.4, -0.2) is 37.8 Å². The molecule has 30 heavy (non-hydrogen) atoms. The lowest BCUT2D eigenvalue weighted by Crippen LogP contribution is -2.16. The first kappa shape index (κ1) is 18.2. The fourth-order valence-electron chi connectivity index (χ4n) is 3.32. The first-order chi connectivity index (χ1) is 14.4. The van der Waals surface area contributed by atoms with Crippen molar-refractivity contribution in [2.24, 2.45) is 0 Å². The molecule has 0 N–H and O–H groups in total. The second-order valence-corrected chi connectivity index (χ2v) is 8.49. The number of hydrogen-bond donors (Lipinski definition) is 0. The van der Waals surface area contributed by atoms with E-state index in [-0.39, 0.29) is 10.8 Å². The zero-order chi connectivity index (χ0) is 20.9. The summed E-state index contributed by atoms with van der Waals surface area (Å²) in [6.07, 6.45) is 6.02. The Balaban J connectivity index is 1.65. The number of pyridine rings is 2. The molecule has 0 atom stereocenters. The third kappa shape index (κ3) is 2.79. The molecule has 0 bridgehead atoms. The van der Waals surface area contributed by atoms with Gasteiger partial charge in [-0.05, 0) is 30.7 Å². The molecule has 0 saturated carbocycles. The van der Waals surface area contributed by atoms with Crippen molar-refractivity contribution < 1.29 is 13.2 Å². The van der Waals surface area contributed by atoms with Crippen molar-refractivity contribution in [3.8, 4) is 11.1 Å². The summed E-state index contributed by atoms with van der Waals surface area (Å²) in [6.45, 7) is 1.51. The maximum absolute atomic E-state index is 13.3. The third-order valence-corrected chi connectivity index (χ3v) is 6.47. The molecule has 0 aliphatic rings. The Kier molecular flexibility index (Phi) is 4.00. The molecule has 0 amide bonds. The lowest BCUT2D eigenvalue weighted by molar-refractivity contribution is 0.101. The molecule has 0 radical (unpaired) electrons. The van der Waals surface area contributed by atoms with Crippen molar-refractivity contribution in [1.82, 2.24) is 23.6 Å². The van der Waals surface area contributed by atoms with E-state index in [1.807, 2.05) is 0 Å². The van der Waals surface area contributed by atoms with E-state index in [4.69, 9.17) is 0 Å². The molecule has 4 aromatic heterocycles. The summed E-state index contributed by atoms with van der Waals surface area (Å²) >= 11 is 0. The highest BCUT2D eigenvalue weighted by Gasteiger charge is 2.25. The van der Waals surface area contributed by atoms with Crippen LogP contribution in [0.4, 0.5) is 0 Å². The van der Waals surface area contributed by atoms with Gasteiger partial charge in [0.15, 0.2) is 10.8 Å². The summed E-state index contributed by atoms with van der Waals surface area (Å²) < 4.78 is 29.1. The van der Waals surface area contributed by atoms with Gasteiger partial charge in [0.05, 0.1) is 12.4 Å². The molecule has 0 unspecified atom stereocenters. The first-order valence-corrected chi connectivity index (χ1v) is 10.5. The third-order valence-electron chi connectivity index (χ3n) is 4.89. The van der Waals surface area contributed by atoms with E-state index in [1.165, 1.54) is 23.7 Å². The fraction of sp³-hybridized carbons (Fsp3) is 0.0476. The largest absolute Gasteiger partial charge is 0.301 e. The van der Waals surface area contributed by atoms with E-state index >= 15 is 0 Å². The van der Waals surface area contributed by atoms with Crippen molar-refractivity contribution >= 4 is 32.5 Å². The normalized spacial score (nSPS) is 11.9. The number of carbonyl (C=O) groups excluding carboxylic acids is 1. The van der Waals surface area contributed by atoms with Crippen LogP contribution in [0.15, 0.2) is 78.3 Å². The van der Waals surface area contributed by atoms with Crippen LogP contribution < -0.4 is 0 Å². The lowest BCUT2D eigenvalue weighted by Gasteiger charge is -2.07. The van der Waals surface area contributed by atoms with E-state index in [0.29, 0.717) is 27.8 Å². The maximum atomic E-state index is 13.3. The molecular formula is C21H15N5O3S. The zero-order valence-corrected chi connectivity index (χ0v) is 16.6. The Hall–Kier alpha value is -3.85. The summed E-state index contributed by atoms with van der Waals surface area (Å²) in [4.78, 5) is 20.0. The van der Waals surface area contributed by atoms with Crippen molar-refractivity contribution in [2.45, 2.75) is 11.9 Å². The number of ketones is 1. The Morgan fingerprint density at radius 1 is 0.933 bits per heavy atom. The van der Waals surface area contributed by atoms with Crippen molar-refractivity contribution in [1.29, 1.82) is 0 Å². The minimum atomic E-state index is -4.00. The highest BCUT2D eigenvalue weighted by Crippen LogP contribution is 2.25. The summed E-state index contributed by atoms with van der Waals surface area (Å²) in [5, 5.41) is 4.10. The predicted octanol–water partition coefficient (Wildman–Crippen LogP) is 3.19. The molecule has 8 nitrogen and oxygen atoms in total. The maximum Gasteiger partial charge on any atom is 0.301 e. The second kappa shape index (κ2) is 6.60. The topological polar surface area (TPSA) is 99.2 Å². The van der Waals surface area contributed by atoms with Gasteiger partial charge in [-0.2, -0.15) is 17.6 Å². The van der Waals surface area contributed by atoms with Crippen LogP contribution in [0.25, 0.3) is 27.8 Å². The van der Waals surface area contributed by atoms with E-state index in [9.17, 15) is 13.2 Å². The van der Waals surface area contributed by atoms with Gasteiger partial charge in [0.2, 0.25) is 0 Å². The Labute approximate surface area is 171 Å². The molecule has 1 aromatic carbocycles. The Bertz CT molecular complexity index is 1530. The molecule has 0 aliphatic heterocycles. The quantitative estimate of drug-likeness (QED) is 0.417. The number of rotatable bonds is 4. The van der Waals surface area contributed by atoms with E-state index in [1.54, 1.807) is 60.9 Å². The number of aromatic nitrogens is 5. The molecule has 0 fully saturated rings. The van der Waals surface area contributed by atoms with E-state index in [0.717, 1.165) is 9.65 Å². The molecule has 0 aliphatic carbocycles. The van der Waals surface area contributed by atoms with Crippen LogP contribution in [-0.2, 0) is 10.0 Å². The van der Waals surface area contributed by atoms with Gasteiger partial charge in [0.25, 0.3) is 0 Å². The van der Waals surface area contributed by atoms with Gasteiger partial charge in [-0.15, -0.1) is 0 Å². The number of carbonyl (C=O) groups is 1. The minimum absolute atomic E-state index is 0.0133. The van der Waals surface area contributed by atoms with Gasteiger partial charge in [-0.3, -0.25) is 14.2 Å². The number of hydrogen-bond acceptors (Lipinski definition) is 6. The molecule has 0 spiro atoms. The molecule has 4 heterocycles. The van der Waals surface area contributed by atoms with Gasteiger partial charge in [0.1, 0.15) is 16.7 Å². The van der Waals surface area contributed by atoms with Crippen LogP contribution in [0.2, 0.25) is 0 Å². The highest BCUT2D eigenvalue weighted by molar-refractivity contribution is 7.90. The van der Waals surface area contributed by atoms with Crippen LogP contribution in [0.1, 0.15) is 17.3 Å². The van der Waals surface area contributed by atoms with Gasteiger partial charge >= 0.3 is 10.0 Å². The molecule has 9 heteroatoms. The van der Waals surface area contributed by atoms with Crippen molar-refractivity contribution in [2.75, 3.05) is 0 Å². The number of nitrogens with zero attached hydrogens (tertiary/aromatic N) is 5. The predicted molar refractivity (Wildman–Crippen MR) is 111 cm³/mol. The average molecular weight is 417 g/mol. The molecule has 5 rings (SSSR count). The summed E-state index contributed by atoms with van der Waals surface area (Å²) in [6, 6.07) is 14.0. The van der Waals surface area contributed by atoms with Crippen molar-refractivity contribution in [3.63, 3.8) is 0 Å². The first-order valence-electron chi connectivity index (χ1n) is 9.08. The Morgan fingerprint density at radius 3 is 2.50 bits per heavy atom. The van der Waals surface area contributed by atoms with E-state index in [2.05, 4.69) is 15.1 Å². The molecule has 0 saturated heterocycles. The smallest absolute Gasteiger partial charge is 0.295 e. The fourth-order valence-corrected chi connectivity index (χ4v) is 4.66. The Morgan fingerprint density at radius 2 is 1.73 bits per heavy atom. The van der Waals surface area contributed by atoms with Gasteiger partial charge < -0.3 is 0 Å². The second-order valence-electron chi connectivity index (χ2n) is 6.78. The monoisotopic (exact) mass is 417 g/mol. The standard InChI is InChI=1S/C21H15N5O3S/c1-14(27)15-5-7-16(8-6-15)17-10-19-18(22-11-17)12-24-26(19)30(28,29)21-13-23-20-4-2-3-9-25(20)21/h2-13H,1H3. The van der Waals surface area contributed by atoms with Gasteiger partial charge in [-0.1, -0.05) is 30.3 Å². The lowest BCUT2D eigenvalue weighted by atomic mass is 10.0. The highest BCUT2D eigenvalue weighted by atomic mass is 32.2. The van der Waals surface area contributed by atoms with Crippen molar-refractivity contribution in [3.05, 3.63) is 78.9 Å². The number of fused-ring (bicyclic) bond motifs is 2. The summed E-state index contributed by atoms with van der Waals surface area (Å²) in [7, 11) is -4.00. The number of benzene rings is 1. The summed E-state index contributed by atoms with van der Waals surface area (Å²) in [5.74, 6) is -0.0210. The van der Waals surface area contributed by atoms with Gasteiger partial charge in [-0.25, -0.2) is 4.98 Å². The van der Waals surface area contributed by atoms with Crippen LogP contribution in [0.3, 0.4) is 0 Å².